The molecule has 4 nitrogen and oxygen atoms in total. The zero-order chi connectivity index (χ0) is 12.4. The molecule has 1 aromatic heterocycles. The molecule has 1 aliphatic heterocycles. The van der Waals surface area contributed by atoms with Crippen LogP contribution in [0.4, 0.5) is 5.69 Å². The molecule has 2 N–H and O–H groups in total. The molecule has 0 bridgehead atoms. The highest BCUT2D eigenvalue weighted by Crippen LogP contribution is 2.28. The number of pyridine rings is 1. The quantitative estimate of drug-likeness (QED) is 0.888. The van der Waals surface area contributed by atoms with Gasteiger partial charge in [0.1, 0.15) is 6.10 Å². The second-order valence-corrected chi connectivity index (χ2v) is 5.37. The minimum atomic E-state index is 0.317. The fourth-order valence-corrected chi connectivity index (χ4v) is 2.74. The number of likely N-dealkylation sites (tertiary alicyclic amines) is 1. The first-order valence-electron chi connectivity index (χ1n) is 6.93. The Morgan fingerprint density at radius 2 is 1.94 bits per heavy atom. The Labute approximate surface area is 108 Å². The van der Waals surface area contributed by atoms with Crippen LogP contribution in [0.1, 0.15) is 32.1 Å². The lowest BCUT2D eigenvalue weighted by Gasteiger charge is -2.41. The summed E-state index contributed by atoms with van der Waals surface area (Å²) in [6.45, 7) is 2.34. The molecule has 2 heterocycles. The number of aromatic nitrogens is 1. The van der Waals surface area contributed by atoms with Crippen LogP contribution in [0.3, 0.4) is 0 Å². The van der Waals surface area contributed by atoms with Crippen molar-refractivity contribution >= 4 is 5.69 Å². The smallest absolute Gasteiger partial charge is 0.213 e. The lowest BCUT2D eigenvalue weighted by molar-refractivity contribution is 0.0475. The van der Waals surface area contributed by atoms with Crippen LogP contribution in [0, 0.1) is 0 Å². The van der Waals surface area contributed by atoms with Crippen LogP contribution in [0.15, 0.2) is 18.3 Å². The maximum atomic E-state index is 5.90. The van der Waals surface area contributed by atoms with Crippen molar-refractivity contribution in [3.8, 4) is 5.88 Å². The predicted molar refractivity (Wildman–Crippen MR) is 71.5 cm³/mol. The van der Waals surface area contributed by atoms with Crippen molar-refractivity contribution < 1.29 is 4.74 Å². The first-order valence-corrected chi connectivity index (χ1v) is 6.93. The molecule has 2 fully saturated rings. The van der Waals surface area contributed by atoms with Crippen LogP contribution in [-0.4, -0.2) is 35.1 Å². The van der Waals surface area contributed by atoms with Gasteiger partial charge in [-0.2, -0.15) is 0 Å². The van der Waals surface area contributed by atoms with E-state index in [9.17, 15) is 0 Å². The molecule has 0 atom stereocenters. The van der Waals surface area contributed by atoms with E-state index in [1.165, 1.54) is 32.4 Å². The summed E-state index contributed by atoms with van der Waals surface area (Å²) < 4.78 is 5.90. The van der Waals surface area contributed by atoms with Gasteiger partial charge in [-0.1, -0.05) is 6.42 Å². The van der Waals surface area contributed by atoms with Gasteiger partial charge in [-0.25, -0.2) is 4.98 Å². The number of hydrogen-bond donors (Lipinski definition) is 1. The topological polar surface area (TPSA) is 51.4 Å². The molecule has 1 aliphatic carbocycles. The minimum absolute atomic E-state index is 0.317. The Morgan fingerprint density at radius 3 is 2.50 bits per heavy atom. The molecule has 2 aliphatic rings. The van der Waals surface area contributed by atoms with Gasteiger partial charge in [0.2, 0.25) is 5.88 Å². The van der Waals surface area contributed by atoms with E-state index in [-0.39, 0.29) is 0 Å². The summed E-state index contributed by atoms with van der Waals surface area (Å²) in [5, 5.41) is 0. The second-order valence-electron chi connectivity index (χ2n) is 5.37. The van der Waals surface area contributed by atoms with E-state index >= 15 is 0 Å². The molecule has 0 aromatic carbocycles. The number of piperidine rings is 1. The number of nitrogens with two attached hydrogens (primary N) is 1. The number of anilines is 1. The van der Waals surface area contributed by atoms with Crippen molar-refractivity contribution in [2.75, 3.05) is 18.8 Å². The number of nitrogen functional groups attached to an aromatic ring is 1. The molecule has 18 heavy (non-hydrogen) atoms. The van der Waals surface area contributed by atoms with E-state index in [1.54, 1.807) is 6.20 Å². The van der Waals surface area contributed by atoms with Crippen LogP contribution in [0.25, 0.3) is 0 Å². The molecule has 98 valence electrons. The van der Waals surface area contributed by atoms with E-state index < -0.39 is 0 Å². The maximum absolute atomic E-state index is 5.90. The van der Waals surface area contributed by atoms with Crippen molar-refractivity contribution in [3.05, 3.63) is 18.3 Å². The fourth-order valence-electron chi connectivity index (χ4n) is 2.74. The normalized spacial score (nSPS) is 22.7. The Hall–Kier alpha value is -1.29. The minimum Gasteiger partial charge on any atom is -0.474 e. The van der Waals surface area contributed by atoms with E-state index in [0.29, 0.717) is 17.7 Å². The summed E-state index contributed by atoms with van der Waals surface area (Å²) >= 11 is 0. The van der Waals surface area contributed by atoms with Gasteiger partial charge < -0.3 is 15.4 Å². The number of rotatable bonds is 3. The van der Waals surface area contributed by atoms with Gasteiger partial charge in [-0.15, -0.1) is 0 Å². The van der Waals surface area contributed by atoms with Crippen LogP contribution < -0.4 is 10.5 Å². The number of hydrogen-bond acceptors (Lipinski definition) is 4. The van der Waals surface area contributed by atoms with Crippen molar-refractivity contribution in [2.45, 2.75) is 44.2 Å². The largest absolute Gasteiger partial charge is 0.474 e. The molecule has 0 spiro atoms. The Balaban J connectivity index is 1.48. The third-order valence-corrected chi connectivity index (χ3v) is 4.11. The van der Waals surface area contributed by atoms with Gasteiger partial charge in [0.15, 0.2) is 0 Å². The van der Waals surface area contributed by atoms with Gasteiger partial charge in [0.25, 0.3) is 0 Å². The summed E-state index contributed by atoms with van der Waals surface area (Å²) in [6, 6.07) is 4.56. The lowest BCUT2D eigenvalue weighted by Crippen LogP contribution is -2.46. The van der Waals surface area contributed by atoms with Crippen LogP contribution in [0.5, 0.6) is 5.88 Å². The van der Waals surface area contributed by atoms with Gasteiger partial charge in [-0.05, 0) is 31.7 Å². The van der Waals surface area contributed by atoms with Gasteiger partial charge in [0.05, 0.1) is 11.9 Å². The van der Waals surface area contributed by atoms with Crippen LogP contribution in [-0.2, 0) is 0 Å². The molecule has 0 radical (unpaired) electrons. The van der Waals surface area contributed by atoms with E-state index in [4.69, 9.17) is 10.5 Å². The molecule has 4 heteroatoms. The maximum Gasteiger partial charge on any atom is 0.213 e. The van der Waals surface area contributed by atoms with Gasteiger partial charge in [0, 0.05) is 25.2 Å². The van der Waals surface area contributed by atoms with Crippen LogP contribution in [0.2, 0.25) is 0 Å². The van der Waals surface area contributed by atoms with E-state index in [2.05, 4.69) is 9.88 Å². The van der Waals surface area contributed by atoms with E-state index in [1.807, 2.05) is 12.1 Å². The summed E-state index contributed by atoms with van der Waals surface area (Å²) in [4.78, 5) is 6.82. The number of nitrogens with zero attached hydrogens (tertiary/aromatic N) is 2. The lowest BCUT2D eigenvalue weighted by atomic mass is 9.90. The SMILES string of the molecule is Nc1ccc(OC2CCN(C3CCC3)CC2)nc1. The summed E-state index contributed by atoms with van der Waals surface area (Å²) in [6.07, 6.45) is 8.40. The predicted octanol–water partition coefficient (Wildman–Crippen LogP) is 2.06. The standard InChI is InChI=1S/C14H21N3O/c15-11-4-5-14(16-10-11)18-13-6-8-17(9-7-13)12-2-1-3-12/h4-5,10,12-13H,1-3,6-9,15H2. The molecule has 0 amide bonds. The first-order chi connectivity index (χ1) is 8.81. The monoisotopic (exact) mass is 247 g/mol. The highest BCUT2D eigenvalue weighted by molar-refractivity contribution is 5.36. The Morgan fingerprint density at radius 1 is 1.17 bits per heavy atom. The molecule has 1 saturated heterocycles. The van der Waals surface area contributed by atoms with Gasteiger partial charge in [-0.3, -0.25) is 0 Å². The highest BCUT2D eigenvalue weighted by atomic mass is 16.5. The molecule has 1 aromatic rings. The molecule has 1 saturated carbocycles. The van der Waals surface area contributed by atoms with Crippen molar-refractivity contribution in [3.63, 3.8) is 0 Å². The summed E-state index contributed by atoms with van der Waals surface area (Å²) in [5.41, 5.74) is 6.29. The summed E-state index contributed by atoms with van der Waals surface area (Å²) in [7, 11) is 0. The van der Waals surface area contributed by atoms with Crippen molar-refractivity contribution in [1.29, 1.82) is 0 Å². The Bertz CT molecular complexity index is 381. The van der Waals surface area contributed by atoms with Crippen molar-refractivity contribution in [2.24, 2.45) is 0 Å². The van der Waals surface area contributed by atoms with E-state index in [0.717, 1.165) is 18.9 Å². The third kappa shape index (κ3) is 2.58. The molecule has 3 rings (SSSR count). The summed E-state index contributed by atoms with van der Waals surface area (Å²) in [5.74, 6) is 0.700. The molecule has 0 unspecified atom stereocenters. The molecular formula is C14H21N3O. The van der Waals surface area contributed by atoms with Crippen LogP contribution >= 0.6 is 0 Å². The fraction of sp³-hybridized carbons (Fsp3) is 0.643. The van der Waals surface area contributed by atoms with Gasteiger partial charge >= 0.3 is 0 Å². The highest BCUT2D eigenvalue weighted by Gasteiger charge is 2.29. The second kappa shape index (κ2) is 5.14. The van der Waals surface area contributed by atoms with Crippen molar-refractivity contribution in [1.82, 2.24) is 9.88 Å². The Kier molecular flexibility index (Phi) is 3.37. The zero-order valence-electron chi connectivity index (χ0n) is 10.7. The number of ether oxygens (including phenoxy) is 1. The average Bonchev–Trinajstić information content (AvgIpc) is 2.32. The molecular weight excluding hydrogens is 226 g/mol. The average molecular weight is 247 g/mol. The zero-order valence-corrected chi connectivity index (χ0v) is 10.7. The third-order valence-electron chi connectivity index (χ3n) is 4.11. The first kappa shape index (κ1) is 11.8.